The molecule has 0 aromatic carbocycles. The van der Waals surface area contributed by atoms with Crippen molar-refractivity contribution in [3.8, 4) is 6.07 Å². The van der Waals surface area contributed by atoms with E-state index >= 15 is 0 Å². The third-order valence-corrected chi connectivity index (χ3v) is 4.08. The number of hydrogen-bond acceptors (Lipinski definition) is 3. The fourth-order valence-corrected chi connectivity index (χ4v) is 3.19. The topological polar surface area (TPSA) is 39.9 Å². The molecule has 19 heavy (non-hydrogen) atoms. The van der Waals surface area contributed by atoms with Crippen LogP contribution >= 0.6 is 0 Å². The smallest absolute Gasteiger partial charge is 0.103 e. The average Bonchev–Trinajstić information content (AvgIpc) is 2.40. The van der Waals surface area contributed by atoms with Crippen LogP contribution < -0.4 is 4.90 Å². The van der Waals surface area contributed by atoms with Crippen molar-refractivity contribution in [2.75, 3.05) is 11.4 Å². The molecule has 1 aromatic rings. The zero-order valence-corrected chi connectivity index (χ0v) is 12.2. The lowest BCUT2D eigenvalue weighted by molar-refractivity contribution is 0.418. The highest BCUT2D eigenvalue weighted by atomic mass is 15.2. The molecule has 0 unspecified atom stereocenters. The quantitative estimate of drug-likeness (QED) is 0.828. The molecule has 0 radical (unpaired) electrons. The highest BCUT2D eigenvalue weighted by molar-refractivity contribution is 5.62. The number of rotatable bonds is 3. The van der Waals surface area contributed by atoms with Gasteiger partial charge in [-0.2, -0.15) is 5.26 Å². The first-order valence-electron chi connectivity index (χ1n) is 7.32. The summed E-state index contributed by atoms with van der Waals surface area (Å²) in [6.07, 6.45) is 6.48. The highest BCUT2D eigenvalue weighted by Gasteiger charge is 2.23. The van der Waals surface area contributed by atoms with E-state index < -0.39 is 0 Å². The molecule has 1 fully saturated rings. The van der Waals surface area contributed by atoms with E-state index in [-0.39, 0.29) is 0 Å². The second kappa shape index (κ2) is 6.06. The minimum Gasteiger partial charge on any atom is -0.368 e. The zero-order chi connectivity index (χ0) is 13.8. The van der Waals surface area contributed by atoms with Crippen molar-refractivity contribution in [1.29, 1.82) is 5.26 Å². The second-order valence-corrected chi connectivity index (χ2v) is 5.43. The van der Waals surface area contributed by atoms with Crippen LogP contribution in [-0.2, 0) is 0 Å². The molecule has 3 nitrogen and oxygen atoms in total. The molecule has 0 saturated heterocycles. The minimum atomic E-state index is 0.590. The summed E-state index contributed by atoms with van der Waals surface area (Å²) < 4.78 is 0. The van der Waals surface area contributed by atoms with Crippen molar-refractivity contribution in [2.24, 2.45) is 0 Å². The highest BCUT2D eigenvalue weighted by Crippen LogP contribution is 2.30. The molecular formula is C16H23N3. The molecule has 0 atom stereocenters. The average molecular weight is 257 g/mol. The van der Waals surface area contributed by atoms with E-state index in [4.69, 9.17) is 0 Å². The van der Waals surface area contributed by atoms with Crippen molar-refractivity contribution in [3.63, 3.8) is 0 Å². The Morgan fingerprint density at radius 2 is 2.00 bits per heavy atom. The molecule has 0 bridgehead atoms. The third kappa shape index (κ3) is 2.89. The van der Waals surface area contributed by atoms with Crippen LogP contribution in [0.2, 0.25) is 0 Å². The predicted octanol–water partition coefficient (Wildman–Crippen LogP) is 3.73. The van der Waals surface area contributed by atoms with Gasteiger partial charge < -0.3 is 4.90 Å². The Balaban J connectivity index is 2.39. The van der Waals surface area contributed by atoms with Crippen molar-refractivity contribution in [2.45, 2.75) is 58.9 Å². The number of hydrogen-bond donors (Lipinski definition) is 0. The van der Waals surface area contributed by atoms with Gasteiger partial charge in [0, 0.05) is 18.3 Å². The molecule has 1 aliphatic rings. The molecule has 1 aliphatic carbocycles. The molecule has 1 saturated carbocycles. The van der Waals surface area contributed by atoms with Crippen LogP contribution in [0.5, 0.6) is 0 Å². The lowest BCUT2D eigenvalue weighted by Crippen LogP contribution is -2.37. The summed E-state index contributed by atoms with van der Waals surface area (Å²) in [5.41, 5.74) is 3.69. The number of aryl methyl sites for hydroxylation is 2. The van der Waals surface area contributed by atoms with Gasteiger partial charge >= 0.3 is 0 Å². The van der Waals surface area contributed by atoms with Crippen LogP contribution in [-0.4, -0.2) is 17.6 Å². The molecule has 0 N–H and O–H groups in total. The Morgan fingerprint density at radius 3 is 2.58 bits per heavy atom. The maximum atomic E-state index is 9.42. The molecule has 0 aliphatic heterocycles. The second-order valence-electron chi connectivity index (χ2n) is 5.43. The summed E-state index contributed by atoms with van der Waals surface area (Å²) in [4.78, 5) is 6.83. The summed E-state index contributed by atoms with van der Waals surface area (Å²) in [6.45, 7) is 7.08. The lowest BCUT2D eigenvalue weighted by Gasteiger charge is -2.36. The van der Waals surface area contributed by atoms with Crippen molar-refractivity contribution in [1.82, 2.24) is 4.98 Å². The SMILES string of the molecule is CCN(c1cc(C)nc(C)c1C#N)C1CCCCC1. The summed E-state index contributed by atoms with van der Waals surface area (Å²) >= 11 is 0. The van der Waals surface area contributed by atoms with Crippen molar-refractivity contribution >= 4 is 5.69 Å². The standard InChI is InChI=1S/C16H23N3/c1-4-19(14-8-6-5-7-9-14)16-10-12(2)18-13(3)15(16)11-17/h10,14H,4-9H2,1-3H3. The minimum absolute atomic E-state index is 0.590. The van der Waals surface area contributed by atoms with Gasteiger partial charge in [0.25, 0.3) is 0 Å². The van der Waals surface area contributed by atoms with Gasteiger partial charge in [0.2, 0.25) is 0 Å². The number of pyridine rings is 1. The van der Waals surface area contributed by atoms with E-state index in [0.717, 1.165) is 29.2 Å². The molecule has 3 heteroatoms. The number of anilines is 1. The fraction of sp³-hybridized carbons (Fsp3) is 0.625. The van der Waals surface area contributed by atoms with Gasteiger partial charge in [0.05, 0.1) is 16.9 Å². The van der Waals surface area contributed by atoms with Crippen LogP contribution in [0.4, 0.5) is 5.69 Å². The predicted molar refractivity (Wildman–Crippen MR) is 78.3 cm³/mol. The van der Waals surface area contributed by atoms with E-state index in [1.54, 1.807) is 0 Å². The summed E-state index contributed by atoms with van der Waals surface area (Å²) in [6, 6.07) is 5.00. The molecule has 0 spiro atoms. The zero-order valence-electron chi connectivity index (χ0n) is 12.2. The van der Waals surface area contributed by atoms with Crippen LogP contribution in [0.3, 0.4) is 0 Å². The van der Waals surface area contributed by atoms with Gasteiger partial charge in [0.1, 0.15) is 6.07 Å². The fourth-order valence-electron chi connectivity index (χ4n) is 3.19. The number of nitrogens with zero attached hydrogens (tertiary/aromatic N) is 3. The molecule has 102 valence electrons. The maximum absolute atomic E-state index is 9.42. The molecule has 2 rings (SSSR count). The van der Waals surface area contributed by atoms with E-state index in [0.29, 0.717) is 6.04 Å². The van der Waals surface area contributed by atoms with Gasteiger partial charge in [-0.15, -0.1) is 0 Å². The molecule has 1 heterocycles. The monoisotopic (exact) mass is 257 g/mol. The van der Waals surface area contributed by atoms with Gasteiger partial charge in [-0.3, -0.25) is 4.98 Å². The maximum Gasteiger partial charge on any atom is 0.103 e. The lowest BCUT2D eigenvalue weighted by atomic mass is 9.93. The molecular weight excluding hydrogens is 234 g/mol. The Kier molecular flexibility index (Phi) is 4.42. The molecule has 1 aromatic heterocycles. The summed E-state index contributed by atoms with van der Waals surface area (Å²) in [5, 5.41) is 9.42. The van der Waals surface area contributed by atoms with E-state index in [2.05, 4.69) is 28.9 Å². The van der Waals surface area contributed by atoms with E-state index in [9.17, 15) is 5.26 Å². The first-order chi connectivity index (χ1) is 9.17. The van der Waals surface area contributed by atoms with Crippen LogP contribution in [0.15, 0.2) is 6.07 Å². The third-order valence-electron chi connectivity index (χ3n) is 4.08. The number of nitriles is 1. The normalized spacial score (nSPS) is 16.1. The number of aromatic nitrogens is 1. The summed E-state index contributed by atoms with van der Waals surface area (Å²) in [7, 11) is 0. The summed E-state index contributed by atoms with van der Waals surface area (Å²) in [5.74, 6) is 0. The van der Waals surface area contributed by atoms with E-state index in [1.165, 1.54) is 32.1 Å². The largest absolute Gasteiger partial charge is 0.368 e. The molecule has 0 amide bonds. The van der Waals surface area contributed by atoms with Crippen molar-refractivity contribution in [3.05, 3.63) is 23.0 Å². The Hall–Kier alpha value is -1.56. The Morgan fingerprint density at radius 1 is 1.32 bits per heavy atom. The first kappa shape index (κ1) is 13.9. The van der Waals surface area contributed by atoms with Crippen LogP contribution in [0.25, 0.3) is 0 Å². The first-order valence-corrected chi connectivity index (χ1v) is 7.32. The Bertz CT molecular complexity index is 482. The van der Waals surface area contributed by atoms with Gasteiger partial charge in [-0.1, -0.05) is 19.3 Å². The Labute approximate surface area is 116 Å². The van der Waals surface area contributed by atoms with Gasteiger partial charge in [-0.25, -0.2) is 0 Å². The van der Waals surface area contributed by atoms with Crippen LogP contribution in [0, 0.1) is 25.2 Å². The van der Waals surface area contributed by atoms with E-state index in [1.807, 2.05) is 13.8 Å². The van der Waals surface area contributed by atoms with Gasteiger partial charge in [0.15, 0.2) is 0 Å². The van der Waals surface area contributed by atoms with Gasteiger partial charge in [-0.05, 0) is 39.7 Å². The van der Waals surface area contributed by atoms with Crippen molar-refractivity contribution < 1.29 is 0 Å². The van der Waals surface area contributed by atoms with Crippen LogP contribution in [0.1, 0.15) is 56.0 Å².